The molecule has 0 N–H and O–H groups in total. The highest BCUT2D eigenvalue weighted by molar-refractivity contribution is 5.70. The Balaban J connectivity index is -0.00000200. The number of ether oxygens (including phenoxy) is 6. The van der Waals surface area contributed by atoms with Crippen LogP contribution in [0.15, 0.2) is 97.2 Å². The Bertz CT molecular complexity index is 2690. The van der Waals surface area contributed by atoms with Crippen molar-refractivity contribution in [3.05, 3.63) is 97.2 Å². The van der Waals surface area contributed by atoms with Gasteiger partial charge in [0.05, 0.1) is 25.4 Å². The number of hydrogen-bond donors (Lipinski definition) is 0. The molecule has 0 spiro atoms. The minimum Gasteiger partial charge on any atom is -0.462 e. The van der Waals surface area contributed by atoms with E-state index in [0.717, 1.165) is 197 Å². The van der Waals surface area contributed by atoms with E-state index in [0.29, 0.717) is 19.3 Å². The van der Waals surface area contributed by atoms with Crippen molar-refractivity contribution >= 4 is 11.9 Å². The van der Waals surface area contributed by atoms with Crippen molar-refractivity contribution in [2.45, 2.75) is 558 Å². The molecule has 0 aliphatic carbocycles. The molecule has 0 amide bonds. The topological polar surface area (TPSA) is 99.2 Å². The fourth-order valence-corrected chi connectivity index (χ4v) is 17.7. The lowest BCUT2D eigenvalue weighted by Gasteiger charge is -2.22. The number of hydrogen-bond acceptors (Lipinski definition) is 11. The Morgan fingerprint density at radius 2 is 0.482 bits per heavy atom. The maximum absolute atomic E-state index is 12.5. The zero-order valence-corrected chi connectivity index (χ0v) is 97.1. The van der Waals surface area contributed by atoms with Gasteiger partial charge in [-0.3, -0.25) is 9.59 Å². The molecule has 0 heterocycles. The summed E-state index contributed by atoms with van der Waals surface area (Å²) >= 11 is 0. The lowest BCUT2D eigenvalue weighted by Crippen LogP contribution is -2.29. The van der Waals surface area contributed by atoms with E-state index in [-0.39, 0.29) is 36.9 Å². The van der Waals surface area contributed by atoms with Gasteiger partial charge in [0, 0.05) is 65.3 Å². The molecule has 0 fully saturated rings. The standard InChI is InChI=1S/C46H95NO2.C42H75NO4.C40H75NO2/c1-38(2)19-13-21-40(5)23-15-25-42(7)27-17-29-44(9)32-35-48-37-46(31-34-47(11)12)49-36-33-45(10)30-18-28-43(8)26-16-24-41(6)22-14-20-39(3)4;1-5-7-9-11-13-15-17-19-21-23-25-27-29-31-33-35-41(44)46-39-40(37-38-43(3)4)47-42(45)36-34-32-30-28-26-24-22-20-18-16-14-12-10-8-6-2;1-5-7-9-11-13-15-17-19-21-22-23-25-27-29-31-33-37-42-39-40(35-36-41(3)4)43-38-34-32-30-28-26-24-20-18-16-14-12-10-8-6-2/h38-46H,13-37H2,1-12H3;13-16,19-22,40H,5-12,17-18,23-39H2,1-4H3;10,12-13,15-16,18-19,21,40H,5-9,11,14,17,20,22-39H2,1-4H3/b;15-13-,16-14-,21-19-,22-20-;12-10-,15-13-,18-16-,21-19-. The Morgan fingerprint density at radius 1 is 0.223 bits per heavy atom. The fraction of sp³-hybridized carbons (Fsp3) is 0.859. The number of carbonyl (C=O) groups is 2. The third kappa shape index (κ3) is 120. The molecule has 0 radical (unpaired) electrons. The highest BCUT2D eigenvalue weighted by Gasteiger charge is 2.20. The summed E-state index contributed by atoms with van der Waals surface area (Å²) in [6, 6.07) is 0. The molecule has 0 aromatic heterocycles. The number of rotatable bonds is 104. The van der Waals surface area contributed by atoms with Crippen LogP contribution in [-0.2, 0) is 38.0 Å². The van der Waals surface area contributed by atoms with E-state index in [1.807, 2.05) is 14.1 Å². The number of unbranched alkanes of at least 4 members (excludes halogenated alkanes) is 32. The second-order valence-corrected chi connectivity index (χ2v) is 44.7. The highest BCUT2D eigenvalue weighted by atomic mass is 16.6. The first-order valence-corrected chi connectivity index (χ1v) is 60.3. The number of allylic oxidation sites excluding steroid dienone is 16. The maximum atomic E-state index is 12.5. The van der Waals surface area contributed by atoms with Gasteiger partial charge in [-0.2, -0.15) is 0 Å². The van der Waals surface area contributed by atoms with Gasteiger partial charge in [-0.1, -0.05) is 445 Å². The Kier molecular flexibility index (Phi) is 114. The summed E-state index contributed by atoms with van der Waals surface area (Å²) in [5, 5.41) is 0. The molecule has 9 atom stereocenters. The van der Waals surface area contributed by atoms with Gasteiger partial charge in [0.2, 0.25) is 0 Å². The van der Waals surface area contributed by atoms with Gasteiger partial charge in [0.1, 0.15) is 12.7 Å². The summed E-state index contributed by atoms with van der Waals surface area (Å²) in [5.41, 5.74) is 0. The minimum absolute atomic E-state index is 0.154. The Morgan fingerprint density at radius 3 is 0.806 bits per heavy atom. The number of carbonyl (C=O) groups excluding carboxylic acids is 2. The van der Waals surface area contributed by atoms with Crippen LogP contribution in [0.4, 0.5) is 0 Å². The smallest absolute Gasteiger partial charge is 0.306 e. The van der Waals surface area contributed by atoms with Crippen molar-refractivity contribution in [2.75, 3.05) is 108 Å². The van der Waals surface area contributed by atoms with Crippen LogP contribution in [0.1, 0.15) is 540 Å². The third-order valence-corrected chi connectivity index (χ3v) is 27.6. The average molecular weight is 1950 g/mol. The summed E-state index contributed by atoms with van der Waals surface area (Å²) < 4.78 is 36.2. The largest absolute Gasteiger partial charge is 0.462 e. The molecule has 0 aliphatic heterocycles. The summed E-state index contributed by atoms with van der Waals surface area (Å²) in [6.07, 6.45) is 122. The van der Waals surface area contributed by atoms with E-state index in [1.165, 1.54) is 334 Å². The third-order valence-electron chi connectivity index (χ3n) is 27.6. The van der Waals surface area contributed by atoms with Gasteiger partial charge in [-0.05, 0) is 263 Å². The fourth-order valence-electron chi connectivity index (χ4n) is 17.7. The Labute approximate surface area is 870 Å². The quantitative estimate of drug-likeness (QED) is 0.0331. The molecule has 0 saturated carbocycles. The van der Waals surface area contributed by atoms with Gasteiger partial charge in [0.25, 0.3) is 0 Å². The monoisotopic (exact) mass is 1950 g/mol. The molecule has 139 heavy (non-hydrogen) atoms. The van der Waals surface area contributed by atoms with Crippen molar-refractivity contribution in [3.63, 3.8) is 0 Å². The zero-order valence-electron chi connectivity index (χ0n) is 97.1. The summed E-state index contributed by atoms with van der Waals surface area (Å²) in [7, 11) is 12.6. The second kappa shape index (κ2) is 113. The highest BCUT2D eigenvalue weighted by Crippen LogP contribution is 2.27. The molecule has 11 heteroatoms. The van der Waals surface area contributed by atoms with E-state index in [4.69, 9.17) is 28.4 Å². The SMILES string of the molecule is CC(C)CCCC(C)CCCC(C)CCCC(C)CCOCC(CCN(C)C)OCCC(C)CCCC(C)CCCC(C)CCCC(C)C.CCC/C=C\C/C=C\CCCCCCCCOC(CCN(C)C)COCCCCCCCC/C=C\C/C=C\CCCCC.CCCCC/C=C\C/C=C\CCCCCCCC(=O)OCC(CCN(C)C)OC(=O)CCCCCCC/C=C\C/C=C\CCCCC. The van der Waals surface area contributed by atoms with Crippen LogP contribution in [0.25, 0.3) is 0 Å². The number of nitrogens with zero attached hydrogens (tertiary/aromatic N) is 3. The Hall–Kier alpha value is -3.42. The lowest BCUT2D eigenvalue weighted by molar-refractivity contribution is -0.159. The van der Waals surface area contributed by atoms with Crippen molar-refractivity contribution in [3.8, 4) is 0 Å². The van der Waals surface area contributed by atoms with Gasteiger partial charge in [-0.25, -0.2) is 0 Å². The summed E-state index contributed by atoms with van der Waals surface area (Å²) in [4.78, 5) is 31.4. The molecule has 11 nitrogen and oxygen atoms in total. The molecule has 0 bridgehead atoms. The molecule has 0 aromatic rings. The van der Waals surface area contributed by atoms with Crippen molar-refractivity contribution in [1.29, 1.82) is 0 Å². The van der Waals surface area contributed by atoms with E-state index < -0.39 is 0 Å². The normalized spacial score (nSPS) is 14.3. The molecule has 820 valence electrons. The van der Waals surface area contributed by atoms with E-state index >= 15 is 0 Å². The van der Waals surface area contributed by atoms with Gasteiger partial charge < -0.3 is 43.1 Å². The number of esters is 2. The molecule has 0 rings (SSSR count). The first kappa shape index (κ1) is 140. The van der Waals surface area contributed by atoms with Crippen LogP contribution in [0.2, 0.25) is 0 Å². The zero-order chi connectivity index (χ0) is 103. The summed E-state index contributed by atoms with van der Waals surface area (Å²) in [5.74, 6) is 6.41. The summed E-state index contributed by atoms with van der Waals surface area (Å²) in [6.45, 7) is 41.2. The van der Waals surface area contributed by atoms with Crippen LogP contribution < -0.4 is 0 Å². The van der Waals surface area contributed by atoms with Crippen molar-refractivity contribution in [1.82, 2.24) is 14.7 Å². The predicted octanol–water partition coefficient (Wildman–Crippen LogP) is 38.5. The van der Waals surface area contributed by atoms with E-state index in [1.54, 1.807) is 0 Å². The second-order valence-electron chi connectivity index (χ2n) is 44.7. The average Bonchev–Trinajstić information content (AvgIpc) is 0.951. The van der Waals surface area contributed by atoms with Crippen LogP contribution in [0.3, 0.4) is 0 Å². The first-order valence-electron chi connectivity index (χ1n) is 60.3. The molecule has 0 saturated heterocycles. The molecular formula is C128H245N3O8. The molecule has 9 unspecified atom stereocenters. The van der Waals surface area contributed by atoms with Crippen LogP contribution in [0.5, 0.6) is 0 Å². The van der Waals surface area contributed by atoms with E-state index in [9.17, 15) is 9.59 Å². The van der Waals surface area contributed by atoms with Gasteiger partial charge in [0.15, 0.2) is 0 Å². The van der Waals surface area contributed by atoms with Crippen LogP contribution in [0, 0.1) is 47.3 Å². The van der Waals surface area contributed by atoms with Crippen molar-refractivity contribution in [2.24, 2.45) is 47.3 Å². The first-order chi connectivity index (χ1) is 67.5. The lowest BCUT2D eigenvalue weighted by atomic mass is 9.91. The van der Waals surface area contributed by atoms with Gasteiger partial charge in [-0.15, -0.1) is 0 Å². The molecule has 0 aliphatic rings. The van der Waals surface area contributed by atoms with Crippen LogP contribution >= 0.6 is 0 Å². The minimum atomic E-state index is -0.378. The van der Waals surface area contributed by atoms with Gasteiger partial charge >= 0.3 is 11.9 Å². The molecule has 0 aromatic carbocycles. The van der Waals surface area contributed by atoms with Crippen LogP contribution in [-0.4, -0.2) is 153 Å². The van der Waals surface area contributed by atoms with Crippen molar-refractivity contribution < 1.29 is 38.0 Å². The predicted molar refractivity (Wildman–Crippen MR) is 617 cm³/mol. The van der Waals surface area contributed by atoms with E-state index in [2.05, 4.69) is 237 Å². The maximum Gasteiger partial charge on any atom is 0.306 e. The molecular weight excluding hydrogens is 1710 g/mol.